The van der Waals surface area contributed by atoms with Gasteiger partial charge in [0.05, 0.1) is 23.7 Å². The lowest BCUT2D eigenvalue weighted by Gasteiger charge is -2.07. The van der Waals surface area contributed by atoms with Gasteiger partial charge in [-0.1, -0.05) is 12.1 Å². The molecule has 6 heteroatoms. The molecular weight excluding hydrogens is 284 g/mol. The topological polar surface area (TPSA) is 66.0 Å². The van der Waals surface area contributed by atoms with Gasteiger partial charge in [0.25, 0.3) is 0 Å². The van der Waals surface area contributed by atoms with Crippen LogP contribution in [-0.4, -0.2) is 28.3 Å². The smallest absolute Gasteiger partial charge is 0.160 e. The molecule has 21 heavy (non-hydrogen) atoms. The molecule has 0 aliphatic heterocycles. The molecule has 1 aromatic carbocycles. The second-order valence-electron chi connectivity index (χ2n) is 4.93. The van der Waals surface area contributed by atoms with Gasteiger partial charge in [0.2, 0.25) is 0 Å². The van der Waals surface area contributed by atoms with E-state index < -0.39 is 0 Å². The normalized spacial score (nSPS) is 12.9. The highest BCUT2D eigenvalue weighted by Crippen LogP contribution is 2.27. The summed E-state index contributed by atoms with van der Waals surface area (Å²) in [7, 11) is 1.70. The number of nitrogens with two attached hydrogens (primary N) is 1. The average Bonchev–Trinajstić information content (AvgIpc) is 3.09. The summed E-state index contributed by atoms with van der Waals surface area (Å²) < 4.78 is 7.36. The molecule has 1 unspecified atom stereocenters. The molecule has 1 atom stereocenters. The van der Waals surface area contributed by atoms with E-state index in [1.54, 1.807) is 18.4 Å². The lowest BCUT2D eigenvalue weighted by atomic mass is 10.3. The highest BCUT2D eigenvalue weighted by molar-refractivity contribution is 7.10. The Hall–Kier alpha value is -1.76. The van der Waals surface area contributed by atoms with Crippen molar-refractivity contribution in [1.29, 1.82) is 0 Å². The molecule has 3 rings (SSSR count). The van der Waals surface area contributed by atoms with E-state index in [9.17, 15) is 0 Å². The third-order valence-electron chi connectivity index (χ3n) is 3.31. The fraction of sp³-hybridized carbons (Fsp3) is 0.333. The highest BCUT2D eigenvalue weighted by atomic mass is 32.1. The minimum Gasteiger partial charge on any atom is -0.383 e. The van der Waals surface area contributed by atoms with E-state index >= 15 is 0 Å². The molecule has 0 bridgehead atoms. The molecule has 0 fully saturated rings. The molecule has 2 aromatic heterocycles. The van der Waals surface area contributed by atoms with Crippen molar-refractivity contribution in [3.8, 4) is 11.5 Å². The monoisotopic (exact) mass is 302 g/mol. The molecule has 5 nitrogen and oxygen atoms in total. The van der Waals surface area contributed by atoms with Crippen molar-refractivity contribution >= 4 is 22.4 Å². The van der Waals surface area contributed by atoms with Crippen molar-refractivity contribution in [2.24, 2.45) is 5.73 Å². The number of fused-ring (bicyclic) bond motifs is 1. The quantitative estimate of drug-likeness (QED) is 0.787. The number of methoxy groups -OCH3 is 1. The van der Waals surface area contributed by atoms with Gasteiger partial charge < -0.3 is 15.0 Å². The van der Waals surface area contributed by atoms with E-state index in [-0.39, 0.29) is 6.04 Å². The van der Waals surface area contributed by atoms with Crippen LogP contribution in [-0.2, 0) is 11.3 Å². The molecular formula is C15H18N4OS. The van der Waals surface area contributed by atoms with Gasteiger partial charge >= 0.3 is 0 Å². The van der Waals surface area contributed by atoms with E-state index in [0.717, 1.165) is 34.1 Å². The first kappa shape index (κ1) is 14.2. The number of hydrogen-bond donors (Lipinski definition) is 1. The summed E-state index contributed by atoms with van der Waals surface area (Å²) in [6, 6.07) is 8.04. The Morgan fingerprint density at radius 2 is 2.14 bits per heavy atom. The minimum absolute atomic E-state index is 0.0550. The van der Waals surface area contributed by atoms with Crippen LogP contribution in [0.2, 0.25) is 0 Å². The Morgan fingerprint density at radius 1 is 1.33 bits per heavy atom. The van der Waals surface area contributed by atoms with Gasteiger partial charge in [0.15, 0.2) is 5.82 Å². The summed E-state index contributed by atoms with van der Waals surface area (Å²) in [6.45, 7) is 3.32. The fourth-order valence-corrected chi connectivity index (χ4v) is 3.04. The number of nitrogens with zero attached hydrogens (tertiary/aromatic N) is 3. The van der Waals surface area contributed by atoms with E-state index in [0.29, 0.717) is 6.61 Å². The molecule has 3 aromatic rings. The predicted molar refractivity (Wildman–Crippen MR) is 85.3 cm³/mol. The zero-order valence-corrected chi connectivity index (χ0v) is 12.9. The van der Waals surface area contributed by atoms with Gasteiger partial charge in [-0.3, -0.25) is 0 Å². The first-order valence-electron chi connectivity index (χ1n) is 6.86. The first-order valence-corrected chi connectivity index (χ1v) is 7.74. The van der Waals surface area contributed by atoms with Crippen molar-refractivity contribution in [3.63, 3.8) is 0 Å². The van der Waals surface area contributed by atoms with Crippen LogP contribution >= 0.6 is 11.3 Å². The molecule has 2 heterocycles. The maximum Gasteiger partial charge on any atom is 0.160 e. The van der Waals surface area contributed by atoms with Crippen LogP contribution in [0.3, 0.4) is 0 Å². The van der Waals surface area contributed by atoms with Crippen molar-refractivity contribution in [2.75, 3.05) is 13.7 Å². The zero-order valence-electron chi connectivity index (χ0n) is 12.1. The summed E-state index contributed by atoms with van der Waals surface area (Å²) in [5.41, 5.74) is 8.84. The number of aromatic nitrogens is 3. The van der Waals surface area contributed by atoms with Crippen molar-refractivity contribution < 1.29 is 4.74 Å². The molecule has 110 valence electrons. The number of hydrogen-bond acceptors (Lipinski definition) is 5. The molecule has 0 amide bonds. The van der Waals surface area contributed by atoms with E-state index in [4.69, 9.17) is 15.5 Å². The Bertz CT molecular complexity index is 747. The lowest BCUT2D eigenvalue weighted by molar-refractivity contribution is 0.188. The Kier molecular flexibility index (Phi) is 4.01. The van der Waals surface area contributed by atoms with E-state index in [1.165, 1.54) is 0 Å². The number of ether oxygens (including phenoxy) is 1. The summed E-state index contributed by atoms with van der Waals surface area (Å²) in [5, 5.41) is 2.94. The van der Waals surface area contributed by atoms with Crippen molar-refractivity contribution in [3.05, 3.63) is 34.7 Å². The summed E-state index contributed by atoms with van der Waals surface area (Å²) >= 11 is 1.57. The Balaban J connectivity index is 2.11. The van der Waals surface area contributed by atoms with Crippen molar-refractivity contribution in [2.45, 2.75) is 19.5 Å². The largest absolute Gasteiger partial charge is 0.383 e. The van der Waals surface area contributed by atoms with Gasteiger partial charge in [-0.2, -0.15) is 0 Å². The molecule has 0 radical (unpaired) electrons. The highest BCUT2D eigenvalue weighted by Gasteiger charge is 2.16. The van der Waals surface area contributed by atoms with E-state index in [1.807, 2.05) is 30.5 Å². The number of benzene rings is 1. The molecule has 0 spiro atoms. The van der Waals surface area contributed by atoms with Gasteiger partial charge in [-0.25, -0.2) is 9.97 Å². The van der Waals surface area contributed by atoms with Crippen LogP contribution in [0.4, 0.5) is 0 Å². The summed E-state index contributed by atoms with van der Waals surface area (Å²) in [4.78, 5) is 9.33. The van der Waals surface area contributed by atoms with Crippen LogP contribution in [0.5, 0.6) is 0 Å². The number of para-hydroxylation sites is 2. The molecule has 2 N–H and O–H groups in total. The zero-order chi connectivity index (χ0) is 14.8. The van der Waals surface area contributed by atoms with Crippen LogP contribution in [0.1, 0.15) is 18.0 Å². The SMILES string of the molecule is COCCn1c(-c2csc(C(C)N)n2)nc2ccccc21. The molecule has 0 saturated heterocycles. The summed E-state index contributed by atoms with van der Waals surface area (Å²) in [5.74, 6) is 0.872. The number of imidazole rings is 1. The van der Waals surface area contributed by atoms with Crippen LogP contribution in [0.15, 0.2) is 29.6 Å². The van der Waals surface area contributed by atoms with Gasteiger partial charge in [0.1, 0.15) is 10.7 Å². The maximum absolute atomic E-state index is 5.90. The van der Waals surface area contributed by atoms with Crippen molar-refractivity contribution in [1.82, 2.24) is 14.5 Å². The summed E-state index contributed by atoms with van der Waals surface area (Å²) in [6.07, 6.45) is 0. The molecule has 0 saturated carbocycles. The van der Waals surface area contributed by atoms with Gasteiger partial charge in [-0.15, -0.1) is 11.3 Å². The number of thiazole rings is 1. The second-order valence-corrected chi connectivity index (χ2v) is 5.82. The second kappa shape index (κ2) is 5.93. The Morgan fingerprint density at radius 3 is 2.86 bits per heavy atom. The molecule has 0 aliphatic carbocycles. The average molecular weight is 302 g/mol. The third-order valence-corrected chi connectivity index (χ3v) is 4.36. The van der Waals surface area contributed by atoms with Crippen LogP contribution in [0, 0.1) is 0 Å². The number of rotatable bonds is 5. The first-order chi connectivity index (χ1) is 10.2. The fourth-order valence-electron chi connectivity index (χ4n) is 2.28. The standard InChI is InChI=1S/C15H18N4OS/c1-10(16)15-18-12(9-21-15)14-17-11-5-3-4-6-13(11)19(14)7-8-20-2/h3-6,9-10H,7-8,16H2,1-2H3. The third kappa shape index (κ3) is 2.70. The predicted octanol–water partition coefficient (Wildman–Crippen LogP) is 2.83. The van der Waals surface area contributed by atoms with Crippen LogP contribution < -0.4 is 5.73 Å². The Labute approximate surface area is 127 Å². The van der Waals surface area contributed by atoms with E-state index in [2.05, 4.69) is 15.6 Å². The van der Waals surface area contributed by atoms with Gasteiger partial charge in [0, 0.05) is 19.0 Å². The molecule has 0 aliphatic rings. The van der Waals surface area contributed by atoms with Gasteiger partial charge in [-0.05, 0) is 19.1 Å². The van der Waals surface area contributed by atoms with Crippen LogP contribution in [0.25, 0.3) is 22.6 Å². The maximum atomic E-state index is 5.90. The minimum atomic E-state index is -0.0550. The lowest BCUT2D eigenvalue weighted by Crippen LogP contribution is -2.07.